The summed E-state index contributed by atoms with van der Waals surface area (Å²) in [5.41, 5.74) is 0.592. The lowest BCUT2D eigenvalue weighted by Gasteiger charge is -2.13. The molecule has 1 fully saturated rings. The highest BCUT2D eigenvalue weighted by Crippen LogP contribution is 2.36. The molecule has 0 spiro atoms. The van der Waals surface area contributed by atoms with E-state index in [2.05, 4.69) is 0 Å². The molecular formula is C16H16INO6S. The molecule has 1 aliphatic heterocycles. The van der Waals surface area contributed by atoms with E-state index in [1.54, 1.807) is 26.0 Å². The van der Waals surface area contributed by atoms with E-state index in [1.807, 2.05) is 22.6 Å². The molecule has 0 saturated carbocycles. The Balaban J connectivity index is 2.23. The van der Waals surface area contributed by atoms with Gasteiger partial charge in [-0.3, -0.25) is 19.3 Å². The Morgan fingerprint density at radius 1 is 1.40 bits per heavy atom. The van der Waals surface area contributed by atoms with Crippen molar-refractivity contribution in [3.05, 3.63) is 26.2 Å². The van der Waals surface area contributed by atoms with Crippen LogP contribution in [-0.4, -0.2) is 46.9 Å². The number of phenolic OH excluding ortho intramolecular Hbond substituents is 1. The Morgan fingerprint density at radius 3 is 2.68 bits per heavy atom. The number of benzene rings is 1. The van der Waals surface area contributed by atoms with E-state index >= 15 is 0 Å². The van der Waals surface area contributed by atoms with Crippen molar-refractivity contribution in [1.29, 1.82) is 0 Å². The molecule has 1 N–H and O–H groups in total. The molecule has 0 unspecified atom stereocenters. The lowest BCUT2D eigenvalue weighted by Crippen LogP contribution is -2.35. The van der Waals surface area contributed by atoms with Gasteiger partial charge in [0.1, 0.15) is 6.54 Å². The molecule has 1 saturated heterocycles. The average molecular weight is 477 g/mol. The maximum Gasteiger partial charge on any atom is 0.326 e. The topological polar surface area (TPSA) is 93.1 Å². The van der Waals surface area contributed by atoms with Crippen LogP contribution in [-0.2, 0) is 14.3 Å². The van der Waals surface area contributed by atoms with E-state index in [0.29, 0.717) is 9.13 Å². The van der Waals surface area contributed by atoms with Gasteiger partial charge in [0.05, 0.1) is 21.7 Å². The zero-order chi connectivity index (χ0) is 18.7. The molecule has 0 aliphatic carbocycles. The number of amides is 2. The molecule has 1 heterocycles. The van der Waals surface area contributed by atoms with Crippen LogP contribution in [0, 0.1) is 3.57 Å². The Kier molecular flexibility index (Phi) is 6.33. The highest BCUT2D eigenvalue weighted by Gasteiger charge is 2.36. The van der Waals surface area contributed by atoms with Crippen LogP contribution in [0.1, 0.15) is 19.4 Å². The van der Waals surface area contributed by atoms with Crippen LogP contribution in [0.5, 0.6) is 11.5 Å². The summed E-state index contributed by atoms with van der Waals surface area (Å²) in [6, 6.07) is 3.21. The zero-order valence-corrected chi connectivity index (χ0v) is 16.7. The number of thioether (sulfide) groups is 1. The number of halogens is 1. The lowest BCUT2D eigenvalue weighted by atomic mass is 10.2. The number of methoxy groups -OCH3 is 1. The highest BCUT2D eigenvalue weighted by molar-refractivity contribution is 14.1. The minimum atomic E-state index is -0.639. The number of carbonyl (C=O) groups excluding carboxylic acids is 3. The number of rotatable bonds is 5. The third-order valence-electron chi connectivity index (χ3n) is 3.10. The maximum absolute atomic E-state index is 12.4. The van der Waals surface area contributed by atoms with Crippen LogP contribution in [0.2, 0.25) is 0 Å². The van der Waals surface area contributed by atoms with E-state index < -0.39 is 23.7 Å². The largest absolute Gasteiger partial charge is 0.504 e. The van der Waals surface area contributed by atoms with Crippen molar-refractivity contribution in [2.24, 2.45) is 0 Å². The number of ether oxygens (including phenoxy) is 2. The van der Waals surface area contributed by atoms with Gasteiger partial charge in [0.15, 0.2) is 11.5 Å². The number of hydrogen-bond donors (Lipinski definition) is 1. The summed E-state index contributed by atoms with van der Waals surface area (Å²) >= 11 is 2.68. The monoisotopic (exact) mass is 477 g/mol. The molecule has 0 bridgehead atoms. The molecule has 2 rings (SSSR count). The molecule has 1 aliphatic rings. The highest BCUT2D eigenvalue weighted by atomic mass is 127. The number of nitrogens with zero attached hydrogens (tertiary/aromatic N) is 1. The maximum atomic E-state index is 12.4. The summed E-state index contributed by atoms with van der Waals surface area (Å²) < 4.78 is 10.6. The standard InChI is InChI=1S/C16H16INO6S/c1-8(2)24-13(19)7-18-15(21)12(25-16(18)22)6-9-4-10(17)14(20)11(5-9)23-3/h4-6,8,20H,7H2,1-3H3/b12-6-. The summed E-state index contributed by atoms with van der Waals surface area (Å²) in [6.45, 7) is 2.95. The third kappa shape index (κ3) is 4.66. The first kappa shape index (κ1) is 19.6. The average Bonchev–Trinajstić information content (AvgIpc) is 2.77. The number of hydrogen-bond acceptors (Lipinski definition) is 7. The lowest BCUT2D eigenvalue weighted by molar-refractivity contribution is -0.149. The molecule has 134 valence electrons. The summed E-state index contributed by atoms with van der Waals surface area (Å²) in [7, 11) is 1.42. The second-order valence-corrected chi connectivity index (χ2v) is 7.52. The summed E-state index contributed by atoms with van der Waals surface area (Å²) in [6.07, 6.45) is 1.19. The van der Waals surface area contributed by atoms with Crippen molar-refractivity contribution >= 4 is 57.5 Å². The molecule has 0 aromatic heterocycles. The van der Waals surface area contributed by atoms with Crippen molar-refractivity contribution in [2.75, 3.05) is 13.7 Å². The molecule has 2 amide bonds. The Morgan fingerprint density at radius 2 is 2.08 bits per heavy atom. The van der Waals surface area contributed by atoms with Crippen LogP contribution in [0.3, 0.4) is 0 Å². The fourth-order valence-corrected chi connectivity index (χ4v) is 3.51. The van der Waals surface area contributed by atoms with Gasteiger partial charge < -0.3 is 14.6 Å². The van der Waals surface area contributed by atoms with Crippen LogP contribution in [0.25, 0.3) is 6.08 Å². The quantitative estimate of drug-likeness (QED) is 0.396. The molecular weight excluding hydrogens is 461 g/mol. The number of imide groups is 1. The zero-order valence-electron chi connectivity index (χ0n) is 13.7. The number of esters is 1. The Labute approximate surface area is 162 Å². The Hall–Kier alpha value is -1.75. The van der Waals surface area contributed by atoms with Crippen molar-refractivity contribution in [2.45, 2.75) is 20.0 Å². The van der Waals surface area contributed by atoms with Crippen LogP contribution < -0.4 is 4.74 Å². The smallest absolute Gasteiger partial charge is 0.326 e. The van der Waals surface area contributed by atoms with Gasteiger partial charge in [-0.05, 0) is 72.0 Å². The van der Waals surface area contributed by atoms with Gasteiger partial charge in [-0.15, -0.1) is 0 Å². The summed E-state index contributed by atoms with van der Waals surface area (Å²) in [4.78, 5) is 37.1. The molecule has 1 aromatic carbocycles. The Bertz CT molecular complexity index is 761. The summed E-state index contributed by atoms with van der Waals surface area (Å²) in [5, 5.41) is 9.32. The molecule has 0 radical (unpaired) electrons. The minimum Gasteiger partial charge on any atom is -0.504 e. The van der Waals surface area contributed by atoms with Gasteiger partial charge >= 0.3 is 5.97 Å². The van der Waals surface area contributed by atoms with Crippen molar-refractivity contribution < 1.29 is 29.0 Å². The number of aromatic hydroxyl groups is 1. The van der Waals surface area contributed by atoms with Crippen LogP contribution in [0.4, 0.5) is 4.79 Å². The first-order chi connectivity index (χ1) is 11.7. The van der Waals surface area contributed by atoms with Gasteiger partial charge in [-0.25, -0.2) is 0 Å². The van der Waals surface area contributed by atoms with Crippen molar-refractivity contribution in [3.8, 4) is 11.5 Å². The van der Waals surface area contributed by atoms with E-state index in [9.17, 15) is 19.5 Å². The SMILES string of the molecule is COc1cc(/C=C2\SC(=O)N(CC(=O)OC(C)C)C2=O)cc(I)c1O. The van der Waals surface area contributed by atoms with E-state index in [1.165, 1.54) is 13.2 Å². The predicted molar refractivity (Wildman–Crippen MR) is 101 cm³/mol. The first-order valence-corrected chi connectivity index (χ1v) is 9.13. The van der Waals surface area contributed by atoms with Gasteiger partial charge in [0.25, 0.3) is 11.1 Å². The number of phenols is 1. The molecule has 9 heteroatoms. The van der Waals surface area contributed by atoms with Gasteiger partial charge in [-0.1, -0.05) is 0 Å². The predicted octanol–water partition coefficient (Wildman–Crippen LogP) is 2.99. The molecule has 0 atom stereocenters. The fourth-order valence-electron chi connectivity index (χ4n) is 2.05. The van der Waals surface area contributed by atoms with Crippen molar-refractivity contribution in [1.82, 2.24) is 4.90 Å². The normalized spacial score (nSPS) is 16.0. The van der Waals surface area contributed by atoms with E-state index in [4.69, 9.17) is 9.47 Å². The summed E-state index contributed by atoms with van der Waals surface area (Å²) in [5.74, 6) is -0.931. The molecule has 7 nitrogen and oxygen atoms in total. The van der Waals surface area contributed by atoms with Gasteiger partial charge in [0.2, 0.25) is 0 Å². The number of carbonyl (C=O) groups is 3. The fraction of sp³-hybridized carbons (Fsp3) is 0.312. The van der Waals surface area contributed by atoms with E-state index in [0.717, 1.165) is 16.7 Å². The third-order valence-corrected chi connectivity index (χ3v) is 4.83. The van der Waals surface area contributed by atoms with Gasteiger partial charge in [-0.2, -0.15) is 0 Å². The van der Waals surface area contributed by atoms with Crippen molar-refractivity contribution in [3.63, 3.8) is 0 Å². The first-order valence-electron chi connectivity index (χ1n) is 7.24. The minimum absolute atomic E-state index is 0.00443. The van der Waals surface area contributed by atoms with E-state index in [-0.39, 0.29) is 22.5 Å². The molecule has 25 heavy (non-hydrogen) atoms. The van der Waals surface area contributed by atoms with Crippen LogP contribution in [0.15, 0.2) is 17.0 Å². The second-order valence-electron chi connectivity index (χ2n) is 5.36. The van der Waals surface area contributed by atoms with Gasteiger partial charge in [0, 0.05) is 0 Å². The van der Waals surface area contributed by atoms with Crippen LogP contribution >= 0.6 is 34.4 Å². The molecule has 1 aromatic rings. The second kappa shape index (κ2) is 8.09.